The zero-order valence-corrected chi connectivity index (χ0v) is 16.2. The summed E-state index contributed by atoms with van der Waals surface area (Å²) in [7, 11) is 1.52. The van der Waals surface area contributed by atoms with Crippen molar-refractivity contribution >= 4 is 23.1 Å². The third-order valence-electron chi connectivity index (χ3n) is 4.25. The lowest BCUT2D eigenvalue weighted by molar-refractivity contribution is -0.384. The fraction of sp³-hybridized carbons (Fsp3) is 0.0909. The lowest BCUT2D eigenvalue weighted by Crippen LogP contribution is -2.11. The number of nitrogens with one attached hydrogen (secondary N) is 1. The van der Waals surface area contributed by atoms with E-state index in [0.717, 1.165) is 0 Å². The van der Waals surface area contributed by atoms with E-state index in [-0.39, 0.29) is 11.5 Å². The summed E-state index contributed by atoms with van der Waals surface area (Å²) in [5, 5.41) is 13.4. The number of non-ortho nitro benzene ring substituents is 1. The van der Waals surface area contributed by atoms with Crippen molar-refractivity contribution in [3.63, 3.8) is 0 Å². The first-order chi connectivity index (χ1) is 14.4. The smallest absolute Gasteiger partial charge is 0.269 e. The maximum Gasteiger partial charge on any atom is 0.269 e. The fourth-order valence-electron chi connectivity index (χ4n) is 2.68. The van der Waals surface area contributed by atoms with E-state index in [9.17, 15) is 19.7 Å². The first-order valence-corrected chi connectivity index (χ1v) is 8.90. The summed E-state index contributed by atoms with van der Waals surface area (Å²) in [6.07, 6.45) is 0. The topological polar surface area (TPSA) is 108 Å². The summed E-state index contributed by atoms with van der Waals surface area (Å²) in [6, 6.07) is 16.8. The average molecular weight is 406 g/mol. The Kier molecular flexibility index (Phi) is 6.07. The van der Waals surface area contributed by atoms with Gasteiger partial charge in [0.2, 0.25) is 0 Å². The van der Waals surface area contributed by atoms with Gasteiger partial charge in [-0.1, -0.05) is 0 Å². The molecule has 1 N–H and O–H groups in total. The number of methoxy groups -OCH3 is 1. The quantitative estimate of drug-likeness (QED) is 0.341. The van der Waals surface area contributed by atoms with Crippen LogP contribution in [0.1, 0.15) is 27.6 Å². The second-order valence-electron chi connectivity index (χ2n) is 6.30. The van der Waals surface area contributed by atoms with E-state index in [4.69, 9.17) is 9.47 Å². The molecule has 3 aromatic carbocycles. The van der Waals surface area contributed by atoms with Crippen LogP contribution >= 0.6 is 0 Å². The summed E-state index contributed by atoms with van der Waals surface area (Å²) in [6.45, 7) is 1.45. The summed E-state index contributed by atoms with van der Waals surface area (Å²) >= 11 is 0. The van der Waals surface area contributed by atoms with Crippen LogP contribution in [0.3, 0.4) is 0 Å². The highest BCUT2D eigenvalue weighted by atomic mass is 16.6. The van der Waals surface area contributed by atoms with E-state index in [1.807, 2.05) is 0 Å². The Morgan fingerprint density at radius 2 is 1.57 bits per heavy atom. The number of amides is 1. The molecule has 3 rings (SSSR count). The van der Waals surface area contributed by atoms with Gasteiger partial charge < -0.3 is 14.8 Å². The Morgan fingerprint density at radius 1 is 0.933 bits per heavy atom. The lowest BCUT2D eigenvalue weighted by Gasteiger charge is -2.12. The molecule has 0 spiro atoms. The SMILES string of the molecule is COc1ccc(C(C)=O)c(Oc2ccc(NC(=O)c3ccc([N+](=O)[O-])cc3)cc2)c1. The van der Waals surface area contributed by atoms with Crippen LogP contribution < -0.4 is 14.8 Å². The minimum atomic E-state index is -0.528. The number of nitro benzene ring substituents is 1. The van der Waals surface area contributed by atoms with Gasteiger partial charge in [-0.2, -0.15) is 0 Å². The summed E-state index contributed by atoms with van der Waals surface area (Å²) in [4.78, 5) is 34.3. The number of ether oxygens (including phenoxy) is 2. The molecule has 8 heteroatoms. The van der Waals surface area contributed by atoms with Crippen LogP contribution in [-0.2, 0) is 0 Å². The van der Waals surface area contributed by atoms with Crippen molar-refractivity contribution in [2.24, 2.45) is 0 Å². The average Bonchev–Trinajstić information content (AvgIpc) is 2.74. The number of Topliss-reactive ketones (excluding diaryl/α,β-unsaturated/α-hetero) is 1. The molecule has 0 saturated heterocycles. The Hall–Kier alpha value is -4.20. The van der Waals surface area contributed by atoms with Crippen molar-refractivity contribution in [3.8, 4) is 17.2 Å². The first-order valence-electron chi connectivity index (χ1n) is 8.90. The summed E-state index contributed by atoms with van der Waals surface area (Å²) in [5.41, 5.74) is 1.15. The van der Waals surface area contributed by atoms with E-state index in [2.05, 4.69) is 5.32 Å². The molecule has 0 atom stereocenters. The third kappa shape index (κ3) is 4.79. The number of carbonyl (C=O) groups is 2. The third-order valence-corrected chi connectivity index (χ3v) is 4.25. The van der Waals surface area contributed by atoms with E-state index in [1.54, 1.807) is 42.5 Å². The minimum absolute atomic E-state index is 0.0875. The predicted octanol–water partition coefficient (Wildman–Crippen LogP) is 4.85. The molecule has 0 unspecified atom stereocenters. The van der Waals surface area contributed by atoms with Crippen LogP contribution in [0.2, 0.25) is 0 Å². The van der Waals surface area contributed by atoms with Crippen LogP contribution in [0.15, 0.2) is 66.7 Å². The van der Waals surface area contributed by atoms with Gasteiger partial charge in [0.25, 0.3) is 11.6 Å². The van der Waals surface area contributed by atoms with Crippen molar-refractivity contribution < 1.29 is 24.0 Å². The van der Waals surface area contributed by atoms with Crippen LogP contribution in [0.5, 0.6) is 17.2 Å². The lowest BCUT2D eigenvalue weighted by atomic mass is 10.1. The van der Waals surface area contributed by atoms with Crippen LogP contribution in [-0.4, -0.2) is 23.7 Å². The molecule has 0 aromatic heterocycles. The van der Waals surface area contributed by atoms with Crippen molar-refractivity contribution in [3.05, 3.63) is 88.0 Å². The van der Waals surface area contributed by atoms with Gasteiger partial charge in [-0.25, -0.2) is 0 Å². The number of benzene rings is 3. The Balaban J connectivity index is 1.72. The highest BCUT2D eigenvalue weighted by molar-refractivity contribution is 6.04. The zero-order chi connectivity index (χ0) is 21.7. The Labute approximate surface area is 172 Å². The van der Waals surface area contributed by atoms with Gasteiger partial charge in [0.15, 0.2) is 5.78 Å². The first kappa shape index (κ1) is 20.5. The zero-order valence-electron chi connectivity index (χ0n) is 16.2. The number of hydrogen-bond donors (Lipinski definition) is 1. The van der Waals surface area contributed by atoms with E-state index in [0.29, 0.717) is 34.1 Å². The van der Waals surface area contributed by atoms with Gasteiger partial charge in [0.05, 0.1) is 17.6 Å². The van der Waals surface area contributed by atoms with Crippen molar-refractivity contribution in [1.82, 2.24) is 0 Å². The second kappa shape index (κ2) is 8.87. The van der Waals surface area contributed by atoms with Gasteiger partial charge >= 0.3 is 0 Å². The fourth-order valence-corrected chi connectivity index (χ4v) is 2.68. The molecule has 0 radical (unpaired) electrons. The van der Waals surface area contributed by atoms with Crippen molar-refractivity contribution in [1.29, 1.82) is 0 Å². The molecule has 0 saturated carbocycles. The molecule has 30 heavy (non-hydrogen) atoms. The summed E-state index contributed by atoms with van der Waals surface area (Å²) in [5.74, 6) is 0.857. The molecule has 8 nitrogen and oxygen atoms in total. The Bertz CT molecular complexity index is 1090. The molecule has 0 aliphatic carbocycles. The largest absolute Gasteiger partial charge is 0.497 e. The number of ketones is 1. The maximum atomic E-state index is 12.3. The number of hydrogen-bond acceptors (Lipinski definition) is 6. The number of nitro groups is 1. The number of anilines is 1. The Morgan fingerprint density at radius 3 is 2.13 bits per heavy atom. The summed E-state index contributed by atoms with van der Waals surface area (Å²) < 4.78 is 11.0. The predicted molar refractivity (Wildman–Crippen MR) is 111 cm³/mol. The van der Waals surface area contributed by atoms with Gasteiger partial charge in [-0.3, -0.25) is 19.7 Å². The van der Waals surface area contributed by atoms with Crippen LogP contribution in [0.4, 0.5) is 11.4 Å². The molecule has 0 bridgehead atoms. The number of nitrogens with zero attached hydrogens (tertiary/aromatic N) is 1. The molecule has 0 aliphatic rings. The van der Waals surface area contributed by atoms with Crippen molar-refractivity contribution in [2.45, 2.75) is 6.92 Å². The highest BCUT2D eigenvalue weighted by Gasteiger charge is 2.12. The number of rotatable bonds is 7. The molecular weight excluding hydrogens is 388 g/mol. The van der Waals surface area contributed by atoms with Gasteiger partial charge in [-0.05, 0) is 55.5 Å². The van der Waals surface area contributed by atoms with Crippen LogP contribution in [0, 0.1) is 10.1 Å². The van der Waals surface area contributed by atoms with E-state index < -0.39 is 10.8 Å². The number of carbonyl (C=O) groups excluding carboxylic acids is 2. The normalized spacial score (nSPS) is 10.2. The second-order valence-corrected chi connectivity index (χ2v) is 6.30. The molecule has 152 valence electrons. The van der Waals surface area contributed by atoms with Gasteiger partial charge in [0.1, 0.15) is 17.2 Å². The monoisotopic (exact) mass is 406 g/mol. The van der Waals surface area contributed by atoms with Gasteiger partial charge in [0, 0.05) is 29.4 Å². The molecule has 0 fully saturated rings. The van der Waals surface area contributed by atoms with Gasteiger partial charge in [-0.15, -0.1) is 0 Å². The molecule has 0 heterocycles. The molecular formula is C22H18N2O6. The standard InChI is InChI=1S/C22H18N2O6/c1-14(25)20-12-11-19(29-2)13-21(20)30-18-9-5-16(6-10-18)23-22(26)15-3-7-17(8-4-15)24(27)28/h3-13H,1-2H3,(H,23,26). The molecule has 1 amide bonds. The van der Waals surface area contributed by atoms with E-state index in [1.165, 1.54) is 38.3 Å². The van der Waals surface area contributed by atoms with Crippen molar-refractivity contribution in [2.75, 3.05) is 12.4 Å². The highest BCUT2D eigenvalue weighted by Crippen LogP contribution is 2.30. The van der Waals surface area contributed by atoms with Crippen LogP contribution in [0.25, 0.3) is 0 Å². The molecule has 0 aliphatic heterocycles. The maximum absolute atomic E-state index is 12.3. The minimum Gasteiger partial charge on any atom is -0.497 e. The molecule has 3 aromatic rings. The van der Waals surface area contributed by atoms with E-state index >= 15 is 0 Å².